The summed E-state index contributed by atoms with van der Waals surface area (Å²) in [6.45, 7) is 0.768. The van der Waals surface area contributed by atoms with Crippen LogP contribution in [0.25, 0.3) is 5.65 Å². The molecule has 0 unspecified atom stereocenters. The van der Waals surface area contributed by atoms with Crippen LogP contribution in [-0.4, -0.2) is 22.0 Å². The second kappa shape index (κ2) is 5.76. The van der Waals surface area contributed by atoms with E-state index in [-0.39, 0.29) is 0 Å². The predicted octanol–water partition coefficient (Wildman–Crippen LogP) is 3.34. The van der Waals surface area contributed by atoms with Crippen molar-refractivity contribution in [1.29, 1.82) is 0 Å². The first-order valence-corrected chi connectivity index (χ1v) is 7.66. The van der Waals surface area contributed by atoms with Gasteiger partial charge in [-0.25, -0.2) is 9.78 Å². The third kappa shape index (κ3) is 3.18. The number of fused-ring (bicyclic) bond motifs is 1. The standard InChI is InChI=1S/C18H16N2O3/c21-18(14-3-8-17-19-9-10-20(17)11-14)23-16-6-4-15(5-7-16)22-12-13-1-2-13/h3-11,13H,1-2,12H2. The minimum absolute atomic E-state index is 0.396. The molecular weight excluding hydrogens is 292 g/mol. The number of ether oxygens (including phenoxy) is 2. The number of hydrogen-bond acceptors (Lipinski definition) is 4. The van der Waals surface area contributed by atoms with E-state index in [1.54, 1.807) is 47.3 Å². The van der Waals surface area contributed by atoms with Gasteiger partial charge >= 0.3 is 5.97 Å². The smallest absolute Gasteiger partial charge is 0.345 e. The zero-order valence-electron chi connectivity index (χ0n) is 12.5. The normalized spacial score (nSPS) is 13.9. The van der Waals surface area contributed by atoms with Gasteiger partial charge in [-0.05, 0) is 55.2 Å². The average Bonchev–Trinajstić information content (AvgIpc) is 3.29. The summed E-state index contributed by atoms with van der Waals surface area (Å²) in [5.41, 5.74) is 1.27. The number of rotatable bonds is 5. The number of benzene rings is 1. The van der Waals surface area contributed by atoms with E-state index in [0.717, 1.165) is 18.0 Å². The molecule has 1 saturated carbocycles. The molecule has 0 atom stereocenters. The van der Waals surface area contributed by atoms with Gasteiger partial charge in [0, 0.05) is 18.6 Å². The molecule has 23 heavy (non-hydrogen) atoms. The predicted molar refractivity (Wildman–Crippen MR) is 84.8 cm³/mol. The number of imidazole rings is 1. The molecule has 0 aliphatic heterocycles. The Morgan fingerprint density at radius 2 is 1.91 bits per heavy atom. The van der Waals surface area contributed by atoms with Crippen LogP contribution in [0.2, 0.25) is 0 Å². The van der Waals surface area contributed by atoms with Crippen molar-refractivity contribution in [2.75, 3.05) is 6.61 Å². The molecular formula is C18H16N2O3. The van der Waals surface area contributed by atoms with Crippen LogP contribution >= 0.6 is 0 Å². The van der Waals surface area contributed by atoms with Gasteiger partial charge in [0.15, 0.2) is 0 Å². The molecule has 3 aromatic rings. The minimum Gasteiger partial charge on any atom is -0.493 e. The Morgan fingerprint density at radius 3 is 2.70 bits per heavy atom. The Hall–Kier alpha value is -2.82. The van der Waals surface area contributed by atoms with Gasteiger partial charge in [-0.3, -0.25) is 0 Å². The highest BCUT2D eigenvalue weighted by molar-refractivity contribution is 5.91. The third-order valence-corrected chi connectivity index (χ3v) is 3.84. The lowest BCUT2D eigenvalue weighted by molar-refractivity contribution is 0.0734. The van der Waals surface area contributed by atoms with Crippen LogP contribution in [0.15, 0.2) is 55.0 Å². The molecule has 5 nitrogen and oxygen atoms in total. The lowest BCUT2D eigenvalue weighted by Crippen LogP contribution is -2.09. The van der Waals surface area contributed by atoms with Crippen molar-refractivity contribution in [3.63, 3.8) is 0 Å². The molecule has 0 N–H and O–H groups in total. The second-order valence-corrected chi connectivity index (χ2v) is 5.73. The fourth-order valence-corrected chi connectivity index (χ4v) is 2.31. The maximum Gasteiger partial charge on any atom is 0.345 e. The maximum atomic E-state index is 12.2. The molecule has 0 spiro atoms. The molecule has 4 rings (SSSR count). The van der Waals surface area contributed by atoms with Crippen LogP contribution in [0.4, 0.5) is 0 Å². The highest BCUT2D eigenvalue weighted by atomic mass is 16.5. The summed E-state index contributed by atoms with van der Waals surface area (Å²) in [6, 6.07) is 10.6. The van der Waals surface area contributed by atoms with E-state index in [2.05, 4.69) is 4.98 Å². The number of carbonyl (C=O) groups excluding carboxylic acids is 1. The summed E-state index contributed by atoms with van der Waals surface area (Å²) in [6.07, 6.45) is 7.70. The van der Waals surface area contributed by atoms with E-state index in [9.17, 15) is 4.79 Å². The summed E-state index contributed by atoms with van der Waals surface area (Å²) in [4.78, 5) is 16.3. The Balaban J connectivity index is 1.42. The average molecular weight is 308 g/mol. The van der Waals surface area contributed by atoms with Gasteiger partial charge < -0.3 is 13.9 Å². The van der Waals surface area contributed by atoms with Gasteiger partial charge in [-0.2, -0.15) is 0 Å². The van der Waals surface area contributed by atoms with E-state index >= 15 is 0 Å². The highest BCUT2D eigenvalue weighted by Gasteiger charge is 2.21. The molecule has 116 valence electrons. The number of nitrogens with zero attached hydrogens (tertiary/aromatic N) is 2. The zero-order chi connectivity index (χ0) is 15.6. The van der Waals surface area contributed by atoms with Crippen molar-refractivity contribution >= 4 is 11.6 Å². The Bertz CT molecular complexity index is 835. The Labute approximate surface area is 133 Å². The Morgan fingerprint density at radius 1 is 1.13 bits per heavy atom. The van der Waals surface area contributed by atoms with Crippen molar-refractivity contribution < 1.29 is 14.3 Å². The minimum atomic E-state index is -0.396. The fraction of sp³-hybridized carbons (Fsp3) is 0.222. The molecule has 1 aliphatic carbocycles. The molecule has 1 aliphatic rings. The third-order valence-electron chi connectivity index (χ3n) is 3.84. The number of esters is 1. The van der Waals surface area contributed by atoms with Crippen LogP contribution in [0.3, 0.4) is 0 Å². The van der Waals surface area contributed by atoms with Gasteiger partial charge in [-0.1, -0.05) is 0 Å². The van der Waals surface area contributed by atoms with Crippen molar-refractivity contribution in [3.8, 4) is 11.5 Å². The molecule has 1 fully saturated rings. The van der Waals surface area contributed by atoms with Gasteiger partial charge in [-0.15, -0.1) is 0 Å². The zero-order valence-corrected chi connectivity index (χ0v) is 12.5. The molecule has 2 aromatic heterocycles. The van der Waals surface area contributed by atoms with Crippen LogP contribution in [0, 0.1) is 5.92 Å². The lowest BCUT2D eigenvalue weighted by atomic mass is 10.3. The first-order chi connectivity index (χ1) is 11.3. The van der Waals surface area contributed by atoms with Gasteiger partial charge in [0.1, 0.15) is 17.1 Å². The van der Waals surface area contributed by atoms with Crippen molar-refractivity contribution in [1.82, 2.24) is 9.38 Å². The lowest BCUT2D eigenvalue weighted by Gasteiger charge is -2.07. The van der Waals surface area contributed by atoms with E-state index in [1.165, 1.54) is 12.8 Å². The van der Waals surface area contributed by atoms with Crippen LogP contribution in [0.5, 0.6) is 11.5 Å². The van der Waals surface area contributed by atoms with E-state index in [1.807, 2.05) is 12.1 Å². The van der Waals surface area contributed by atoms with E-state index < -0.39 is 5.97 Å². The van der Waals surface area contributed by atoms with Gasteiger partial charge in [0.25, 0.3) is 0 Å². The van der Waals surface area contributed by atoms with Crippen LogP contribution in [-0.2, 0) is 0 Å². The fourth-order valence-electron chi connectivity index (χ4n) is 2.31. The molecule has 0 bridgehead atoms. The summed E-state index contributed by atoms with van der Waals surface area (Å²) < 4.78 is 12.8. The molecule has 1 aromatic carbocycles. The van der Waals surface area contributed by atoms with Crippen LogP contribution < -0.4 is 9.47 Å². The number of pyridine rings is 1. The first-order valence-electron chi connectivity index (χ1n) is 7.66. The monoisotopic (exact) mass is 308 g/mol. The topological polar surface area (TPSA) is 52.8 Å². The van der Waals surface area contributed by atoms with Crippen LogP contribution in [0.1, 0.15) is 23.2 Å². The molecule has 0 radical (unpaired) electrons. The van der Waals surface area contributed by atoms with E-state index in [0.29, 0.717) is 17.2 Å². The molecule has 5 heteroatoms. The van der Waals surface area contributed by atoms with Crippen molar-refractivity contribution in [2.24, 2.45) is 5.92 Å². The number of hydrogen-bond donors (Lipinski definition) is 0. The number of carbonyl (C=O) groups is 1. The number of aromatic nitrogens is 2. The molecule has 2 heterocycles. The van der Waals surface area contributed by atoms with Crippen molar-refractivity contribution in [3.05, 3.63) is 60.6 Å². The van der Waals surface area contributed by atoms with Gasteiger partial charge in [0.2, 0.25) is 0 Å². The molecule has 0 amide bonds. The second-order valence-electron chi connectivity index (χ2n) is 5.73. The van der Waals surface area contributed by atoms with Gasteiger partial charge in [0.05, 0.1) is 12.2 Å². The first kappa shape index (κ1) is 13.8. The highest BCUT2D eigenvalue weighted by Crippen LogP contribution is 2.29. The van der Waals surface area contributed by atoms with Crippen molar-refractivity contribution in [2.45, 2.75) is 12.8 Å². The van der Waals surface area contributed by atoms with E-state index in [4.69, 9.17) is 9.47 Å². The molecule has 0 saturated heterocycles. The summed E-state index contributed by atoms with van der Waals surface area (Å²) in [5, 5.41) is 0. The quantitative estimate of drug-likeness (QED) is 0.536. The summed E-state index contributed by atoms with van der Waals surface area (Å²) >= 11 is 0. The largest absolute Gasteiger partial charge is 0.493 e. The summed E-state index contributed by atoms with van der Waals surface area (Å²) in [7, 11) is 0. The summed E-state index contributed by atoms with van der Waals surface area (Å²) in [5.74, 6) is 1.62. The Kier molecular flexibility index (Phi) is 3.46. The SMILES string of the molecule is O=C(Oc1ccc(OCC2CC2)cc1)c1ccc2nccn2c1. The maximum absolute atomic E-state index is 12.2.